The molecule has 1 aliphatic rings. The zero-order valence-electron chi connectivity index (χ0n) is 13.9. The molecule has 1 fully saturated rings. The summed E-state index contributed by atoms with van der Waals surface area (Å²) < 4.78 is 75.5. The molecule has 0 bridgehead atoms. The lowest BCUT2D eigenvalue weighted by Gasteiger charge is -2.40. The predicted molar refractivity (Wildman–Crippen MR) is 86.1 cm³/mol. The number of ether oxygens (including phenoxy) is 1. The van der Waals surface area contributed by atoms with Crippen molar-refractivity contribution in [3.8, 4) is 5.75 Å². The Labute approximate surface area is 149 Å². The molecule has 0 aliphatic carbocycles. The Morgan fingerprint density at radius 1 is 1.35 bits per heavy atom. The van der Waals surface area contributed by atoms with E-state index in [4.69, 9.17) is 9.29 Å². The van der Waals surface area contributed by atoms with Gasteiger partial charge in [0.15, 0.2) is 0 Å². The van der Waals surface area contributed by atoms with E-state index < -0.39 is 34.3 Å². The van der Waals surface area contributed by atoms with Crippen molar-refractivity contribution in [1.29, 1.82) is 0 Å². The molecule has 0 saturated carbocycles. The van der Waals surface area contributed by atoms with E-state index in [1.165, 1.54) is 17.9 Å². The molecule has 0 atom stereocenters. The Morgan fingerprint density at radius 2 is 1.96 bits per heavy atom. The van der Waals surface area contributed by atoms with Crippen LogP contribution in [-0.4, -0.2) is 56.7 Å². The zero-order valence-corrected chi connectivity index (χ0v) is 14.7. The molecule has 26 heavy (non-hydrogen) atoms. The number of carbonyl (C=O) groups is 1. The second-order valence-corrected chi connectivity index (χ2v) is 7.27. The van der Waals surface area contributed by atoms with Gasteiger partial charge in [0, 0.05) is 0 Å². The third-order valence-corrected chi connectivity index (χ3v) is 4.83. The van der Waals surface area contributed by atoms with Gasteiger partial charge in [0.05, 0.1) is 19.1 Å². The Morgan fingerprint density at radius 3 is 2.46 bits per heavy atom. The first-order chi connectivity index (χ1) is 12.0. The summed E-state index contributed by atoms with van der Waals surface area (Å²) in [7, 11) is -3.39. The van der Waals surface area contributed by atoms with Crippen LogP contribution in [0.25, 0.3) is 0 Å². The van der Waals surface area contributed by atoms with Gasteiger partial charge in [0.1, 0.15) is 5.75 Å². The molecule has 2 rings (SSSR count). The highest BCUT2D eigenvalue weighted by Crippen LogP contribution is 2.38. The first-order valence-electron chi connectivity index (χ1n) is 7.68. The van der Waals surface area contributed by atoms with Crippen LogP contribution >= 0.6 is 0 Å². The molecule has 1 amide bonds. The topological polar surface area (TPSA) is 95.9 Å². The first-order valence-corrected chi connectivity index (χ1v) is 9.12. The number of carbonyl (C=O) groups excluding carboxylic acids is 1. The van der Waals surface area contributed by atoms with Gasteiger partial charge in [0.25, 0.3) is 0 Å². The summed E-state index contributed by atoms with van der Waals surface area (Å²) in [6, 6.07) is 6.32. The Hall–Kier alpha value is -1.85. The number of amides is 1. The lowest BCUT2D eigenvalue weighted by atomic mass is 9.72. The largest absolute Gasteiger partial charge is 0.497 e. The molecule has 1 aliphatic heterocycles. The van der Waals surface area contributed by atoms with E-state index >= 15 is 0 Å². The molecule has 0 spiro atoms. The van der Waals surface area contributed by atoms with Crippen LogP contribution in [0.5, 0.6) is 5.75 Å². The number of hydrogen-bond donors (Lipinski definition) is 2. The minimum Gasteiger partial charge on any atom is -0.497 e. The highest BCUT2D eigenvalue weighted by Gasteiger charge is 2.45. The molecule has 146 valence electrons. The van der Waals surface area contributed by atoms with Gasteiger partial charge in [-0.3, -0.25) is 14.2 Å². The van der Waals surface area contributed by atoms with Gasteiger partial charge in [-0.05, 0) is 43.6 Å². The van der Waals surface area contributed by atoms with Gasteiger partial charge >= 0.3 is 16.5 Å². The smallest absolute Gasteiger partial charge is 0.401 e. The standard InChI is InChI=1S/C15H19F3N2O5S/c1-25-12-4-2-3-11(9-12)14(13(21)19-26(22,23)24)5-7-20(8-6-14)10-15(16,17)18/h2-4,9H,5-8,10H2,1H3,(H,19,21)(H,22,23,24). The zero-order chi connectivity index (χ0) is 19.6. The summed E-state index contributed by atoms with van der Waals surface area (Å²) in [6.07, 6.45) is -4.46. The Bertz CT molecular complexity index is 759. The van der Waals surface area contributed by atoms with Gasteiger partial charge in [-0.1, -0.05) is 12.1 Å². The fourth-order valence-electron chi connectivity index (χ4n) is 3.13. The van der Waals surface area contributed by atoms with Crippen LogP contribution < -0.4 is 9.46 Å². The number of alkyl halides is 3. The van der Waals surface area contributed by atoms with E-state index in [0.29, 0.717) is 11.3 Å². The monoisotopic (exact) mass is 396 g/mol. The van der Waals surface area contributed by atoms with Crippen LogP contribution in [0, 0.1) is 0 Å². The van der Waals surface area contributed by atoms with Crippen LogP contribution in [-0.2, 0) is 20.5 Å². The minimum absolute atomic E-state index is 0.0440. The van der Waals surface area contributed by atoms with Crippen LogP contribution in [0.4, 0.5) is 13.2 Å². The second kappa shape index (κ2) is 7.41. The fraction of sp³-hybridized carbons (Fsp3) is 0.533. The summed E-state index contributed by atoms with van der Waals surface area (Å²) in [5.74, 6) is -0.570. The van der Waals surface area contributed by atoms with Gasteiger partial charge in [-0.15, -0.1) is 0 Å². The van der Waals surface area contributed by atoms with E-state index in [1.807, 2.05) is 0 Å². The minimum atomic E-state index is -4.80. The normalized spacial score (nSPS) is 18.3. The van der Waals surface area contributed by atoms with E-state index in [-0.39, 0.29) is 25.9 Å². The van der Waals surface area contributed by atoms with Crippen molar-refractivity contribution in [2.45, 2.75) is 24.4 Å². The molecule has 2 N–H and O–H groups in total. The SMILES string of the molecule is COc1cccc(C2(C(=O)NS(=O)(=O)O)CCN(CC(F)(F)F)CC2)c1. The average molecular weight is 396 g/mol. The van der Waals surface area contributed by atoms with Crippen LogP contribution in [0.2, 0.25) is 0 Å². The number of piperidine rings is 1. The van der Waals surface area contributed by atoms with E-state index in [0.717, 1.165) is 4.90 Å². The maximum atomic E-state index is 12.6. The highest BCUT2D eigenvalue weighted by atomic mass is 32.2. The van der Waals surface area contributed by atoms with Crippen molar-refractivity contribution in [2.75, 3.05) is 26.7 Å². The number of benzene rings is 1. The molecule has 1 saturated heterocycles. The lowest BCUT2D eigenvalue weighted by Crippen LogP contribution is -2.53. The summed E-state index contributed by atoms with van der Waals surface area (Å²) in [6.45, 7) is -1.23. The molecule has 0 radical (unpaired) electrons. The third kappa shape index (κ3) is 5.08. The predicted octanol–water partition coefficient (Wildman–Crippen LogP) is 1.51. The first kappa shape index (κ1) is 20.5. The van der Waals surface area contributed by atoms with Crippen LogP contribution in [0.15, 0.2) is 24.3 Å². The maximum absolute atomic E-state index is 12.6. The summed E-state index contributed by atoms with van der Waals surface area (Å²) >= 11 is 0. The third-order valence-electron chi connectivity index (χ3n) is 4.39. The Balaban J connectivity index is 2.33. The number of methoxy groups -OCH3 is 1. The number of nitrogens with zero attached hydrogens (tertiary/aromatic N) is 1. The summed E-state index contributed by atoms with van der Waals surface area (Å²) in [5, 5.41) is 0. The number of nitrogens with one attached hydrogen (secondary N) is 1. The van der Waals surface area contributed by atoms with Crippen LogP contribution in [0.1, 0.15) is 18.4 Å². The van der Waals surface area contributed by atoms with Crippen molar-refractivity contribution in [3.63, 3.8) is 0 Å². The second-order valence-electron chi connectivity index (χ2n) is 6.11. The molecule has 1 aromatic carbocycles. The van der Waals surface area contributed by atoms with Gasteiger partial charge < -0.3 is 4.74 Å². The number of rotatable bonds is 5. The molecule has 1 aromatic rings. The van der Waals surface area contributed by atoms with E-state index in [9.17, 15) is 26.4 Å². The highest BCUT2D eigenvalue weighted by molar-refractivity contribution is 7.84. The number of hydrogen-bond acceptors (Lipinski definition) is 5. The number of likely N-dealkylation sites (tertiary alicyclic amines) is 1. The molecule has 1 heterocycles. The molecule has 0 aromatic heterocycles. The van der Waals surface area contributed by atoms with Gasteiger partial charge in [-0.25, -0.2) is 4.72 Å². The molecule has 7 nitrogen and oxygen atoms in total. The summed E-state index contributed by atoms with van der Waals surface area (Å²) in [4.78, 5) is 13.7. The fourth-order valence-corrected chi connectivity index (χ4v) is 3.56. The van der Waals surface area contributed by atoms with Gasteiger partial charge in [0.2, 0.25) is 5.91 Å². The van der Waals surface area contributed by atoms with Gasteiger partial charge in [-0.2, -0.15) is 21.6 Å². The molecule has 0 unspecified atom stereocenters. The number of halogens is 3. The maximum Gasteiger partial charge on any atom is 0.401 e. The summed E-state index contributed by atoms with van der Waals surface area (Å²) in [5.41, 5.74) is -0.989. The molecular formula is C15H19F3N2O5S. The van der Waals surface area contributed by atoms with Crippen molar-refractivity contribution in [3.05, 3.63) is 29.8 Å². The van der Waals surface area contributed by atoms with Crippen molar-refractivity contribution in [1.82, 2.24) is 9.62 Å². The van der Waals surface area contributed by atoms with E-state index in [2.05, 4.69) is 0 Å². The molecular weight excluding hydrogens is 377 g/mol. The van der Waals surface area contributed by atoms with Crippen molar-refractivity contribution >= 4 is 16.2 Å². The average Bonchev–Trinajstić information content (AvgIpc) is 2.52. The van der Waals surface area contributed by atoms with Crippen molar-refractivity contribution in [2.24, 2.45) is 0 Å². The van der Waals surface area contributed by atoms with E-state index in [1.54, 1.807) is 18.2 Å². The Kier molecular flexibility index (Phi) is 5.83. The van der Waals surface area contributed by atoms with Crippen LogP contribution in [0.3, 0.4) is 0 Å². The van der Waals surface area contributed by atoms with Crippen molar-refractivity contribution < 1.29 is 35.7 Å². The quantitative estimate of drug-likeness (QED) is 0.733. The lowest BCUT2D eigenvalue weighted by molar-refractivity contribution is -0.150. The molecule has 11 heteroatoms.